The van der Waals surface area contributed by atoms with Crippen molar-refractivity contribution in [1.29, 1.82) is 0 Å². The average Bonchev–Trinajstić information content (AvgIpc) is 2.26. The summed E-state index contributed by atoms with van der Waals surface area (Å²) in [5.41, 5.74) is 0.781. The third kappa shape index (κ3) is 7.82. The Morgan fingerprint density at radius 1 is 1.30 bits per heavy atom. The molecule has 0 aromatic rings. The molecule has 20 heavy (non-hydrogen) atoms. The summed E-state index contributed by atoms with van der Waals surface area (Å²) in [6.07, 6.45) is 0. The molecule has 0 aliphatic carbocycles. The zero-order chi connectivity index (χ0) is 15.8. The lowest BCUT2D eigenvalue weighted by Crippen LogP contribution is -2.42. The van der Waals surface area contributed by atoms with Gasteiger partial charge in [-0.2, -0.15) is 0 Å². The highest BCUT2D eigenvalue weighted by molar-refractivity contribution is 6.74. The molecule has 0 heterocycles. The summed E-state index contributed by atoms with van der Waals surface area (Å²) in [4.78, 5) is 4.26. The lowest BCUT2D eigenvalue weighted by atomic mass is 10.2. The van der Waals surface area contributed by atoms with Gasteiger partial charge in [0, 0.05) is 26.6 Å². The van der Waals surface area contributed by atoms with E-state index in [1.54, 1.807) is 0 Å². The van der Waals surface area contributed by atoms with Crippen LogP contribution in [0.1, 0.15) is 34.6 Å². The molecule has 0 unspecified atom stereocenters. The molecule has 0 radical (unpaired) electrons. The summed E-state index contributed by atoms with van der Waals surface area (Å²) in [6, 6.07) is 0. The molecular weight excluding hydrogens is 268 g/mol. The predicted molar refractivity (Wildman–Crippen MR) is 89.9 cm³/mol. The fourth-order valence-electron chi connectivity index (χ4n) is 1.33. The maximum atomic E-state index is 6.08. The van der Waals surface area contributed by atoms with E-state index < -0.39 is 8.32 Å². The van der Waals surface area contributed by atoms with Crippen LogP contribution in [0.25, 0.3) is 0 Å². The van der Waals surface area contributed by atoms with Crippen LogP contribution in [0.2, 0.25) is 18.1 Å². The minimum absolute atomic E-state index is 0.259. The Morgan fingerprint density at radius 3 is 2.40 bits per heavy atom. The molecule has 0 fully saturated rings. The largest absolute Gasteiger partial charge is 0.481 e. The third-order valence-corrected chi connectivity index (χ3v) is 8.08. The number of rotatable bonds is 8. The van der Waals surface area contributed by atoms with Gasteiger partial charge in [0.1, 0.15) is 0 Å². The van der Waals surface area contributed by atoms with Gasteiger partial charge < -0.3 is 14.5 Å². The summed E-state index contributed by atoms with van der Waals surface area (Å²) in [6.45, 7) is 21.8. The lowest BCUT2D eigenvalue weighted by molar-refractivity contribution is 0.287. The number of ether oxygens (including phenoxy) is 1. The van der Waals surface area contributed by atoms with E-state index in [1.165, 1.54) is 0 Å². The van der Waals surface area contributed by atoms with E-state index in [2.05, 4.69) is 50.8 Å². The van der Waals surface area contributed by atoms with Gasteiger partial charge in [0.25, 0.3) is 0 Å². The van der Waals surface area contributed by atoms with Gasteiger partial charge in [0.15, 0.2) is 14.2 Å². The van der Waals surface area contributed by atoms with Gasteiger partial charge in [-0.3, -0.25) is 0 Å². The van der Waals surface area contributed by atoms with Gasteiger partial charge >= 0.3 is 0 Å². The van der Waals surface area contributed by atoms with Crippen molar-refractivity contribution in [3.05, 3.63) is 12.3 Å². The first-order chi connectivity index (χ1) is 9.10. The Balaban J connectivity index is 3.88. The molecule has 0 saturated carbocycles. The van der Waals surface area contributed by atoms with E-state index in [0.717, 1.165) is 18.8 Å². The minimum Gasteiger partial charge on any atom is -0.481 e. The van der Waals surface area contributed by atoms with E-state index in [1.807, 2.05) is 13.8 Å². The van der Waals surface area contributed by atoms with Crippen molar-refractivity contribution in [3.63, 3.8) is 0 Å². The van der Waals surface area contributed by atoms with E-state index in [-0.39, 0.29) is 5.04 Å². The molecule has 0 aliphatic heterocycles. The molecule has 1 N–H and O–H groups in total. The number of hydrogen-bond donors (Lipinski definition) is 1. The summed E-state index contributed by atoms with van der Waals surface area (Å²) in [5.74, 6) is 0.664. The van der Waals surface area contributed by atoms with Crippen molar-refractivity contribution in [2.45, 2.75) is 52.8 Å². The van der Waals surface area contributed by atoms with Gasteiger partial charge in [0.05, 0.1) is 12.3 Å². The van der Waals surface area contributed by atoms with Crippen LogP contribution in [-0.2, 0) is 9.16 Å². The van der Waals surface area contributed by atoms with Gasteiger partial charge in [-0.1, -0.05) is 27.4 Å². The van der Waals surface area contributed by atoms with Crippen molar-refractivity contribution in [3.8, 4) is 0 Å². The predicted octanol–water partition coefficient (Wildman–Crippen LogP) is 3.57. The monoisotopic (exact) mass is 300 g/mol. The molecule has 4 nitrogen and oxygen atoms in total. The molecule has 118 valence electrons. The highest BCUT2D eigenvalue weighted by Crippen LogP contribution is 2.36. The summed E-state index contributed by atoms with van der Waals surface area (Å²) in [7, 11) is -1.63. The number of aliphatic imine (C=N–C) groups is 1. The van der Waals surface area contributed by atoms with Crippen molar-refractivity contribution >= 4 is 14.2 Å². The zero-order valence-electron chi connectivity index (χ0n) is 14.3. The zero-order valence-corrected chi connectivity index (χ0v) is 15.3. The summed E-state index contributed by atoms with van der Waals surface area (Å²) in [5, 5.41) is 3.55. The van der Waals surface area contributed by atoms with Crippen LogP contribution in [0.4, 0.5) is 0 Å². The Morgan fingerprint density at radius 2 is 1.90 bits per heavy atom. The highest BCUT2D eigenvalue weighted by atomic mass is 28.4. The molecule has 0 aromatic carbocycles. The van der Waals surface area contributed by atoms with Crippen LogP contribution < -0.4 is 5.32 Å². The average molecular weight is 301 g/mol. The van der Waals surface area contributed by atoms with Crippen molar-refractivity contribution in [1.82, 2.24) is 5.32 Å². The maximum Gasteiger partial charge on any atom is 0.192 e. The SMILES string of the molecule is C=C(CNCCO[Si](C)(C)C(C)(C)C)/N=C(\C)OCC. The Kier molecular flexibility index (Phi) is 8.31. The van der Waals surface area contributed by atoms with Crippen molar-refractivity contribution in [2.75, 3.05) is 26.3 Å². The minimum atomic E-state index is -1.63. The fourth-order valence-corrected chi connectivity index (χ4v) is 2.38. The maximum absolute atomic E-state index is 6.08. The molecule has 0 rings (SSSR count). The number of nitrogens with zero attached hydrogens (tertiary/aromatic N) is 1. The Hall–Kier alpha value is -0.653. The second-order valence-corrected chi connectivity index (χ2v) is 11.2. The number of nitrogens with one attached hydrogen (secondary N) is 1. The van der Waals surface area contributed by atoms with E-state index in [4.69, 9.17) is 9.16 Å². The molecule has 5 heteroatoms. The summed E-state index contributed by atoms with van der Waals surface area (Å²) < 4.78 is 11.3. The van der Waals surface area contributed by atoms with Gasteiger partial charge in [-0.15, -0.1) is 0 Å². The van der Waals surface area contributed by atoms with Gasteiger partial charge in [-0.05, 0) is 25.1 Å². The molecule has 0 aromatic heterocycles. The standard InChI is InChI=1S/C15H32N2O2Si/c1-9-18-14(3)17-13(2)12-16-10-11-19-20(7,8)15(4,5)6/h16H,2,9-12H2,1,3-8H3/b17-14+. The lowest BCUT2D eigenvalue weighted by Gasteiger charge is -2.36. The first-order valence-corrected chi connectivity index (χ1v) is 10.2. The Bertz CT molecular complexity index is 333. The molecule has 0 aliphatic rings. The van der Waals surface area contributed by atoms with E-state index >= 15 is 0 Å². The first kappa shape index (κ1) is 19.3. The quantitative estimate of drug-likeness (QED) is 0.322. The second kappa shape index (κ2) is 8.59. The normalized spacial score (nSPS) is 13.4. The van der Waals surface area contributed by atoms with Gasteiger partial charge in [-0.25, -0.2) is 4.99 Å². The molecule has 0 amide bonds. The van der Waals surface area contributed by atoms with Crippen LogP contribution in [0.15, 0.2) is 17.3 Å². The second-order valence-electron chi connectivity index (χ2n) is 6.42. The first-order valence-electron chi connectivity index (χ1n) is 7.30. The molecule has 0 saturated heterocycles. The highest BCUT2D eigenvalue weighted by Gasteiger charge is 2.36. The fraction of sp³-hybridized carbons (Fsp3) is 0.800. The van der Waals surface area contributed by atoms with Crippen molar-refractivity contribution < 1.29 is 9.16 Å². The topological polar surface area (TPSA) is 42.8 Å². The molecule has 0 bridgehead atoms. The van der Waals surface area contributed by atoms with Crippen LogP contribution in [0.5, 0.6) is 0 Å². The van der Waals surface area contributed by atoms with Crippen LogP contribution in [-0.4, -0.2) is 40.5 Å². The van der Waals surface area contributed by atoms with Crippen LogP contribution in [0, 0.1) is 0 Å². The van der Waals surface area contributed by atoms with Crippen LogP contribution >= 0.6 is 0 Å². The van der Waals surface area contributed by atoms with E-state index in [0.29, 0.717) is 19.0 Å². The summed E-state index contributed by atoms with van der Waals surface area (Å²) >= 11 is 0. The molecule has 0 atom stereocenters. The smallest absolute Gasteiger partial charge is 0.192 e. The molecule has 0 spiro atoms. The van der Waals surface area contributed by atoms with Crippen LogP contribution in [0.3, 0.4) is 0 Å². The van der Waals surface area contributed by atoms with Crippen molar-refractivity contribution in [2.24, 2.45) is 4.99 Å². The number of hydrogen-bond acceptors (Lipinski definition) is 4. The van der Waals surface area contributed by atoms with E-state index in [9.17, 15) is 0 Å². The molecular formula is C15H32N2O2Si. The Labute approximate surface area is 125 Å². The van der Waals surface area contributed by atoms with Gasteiger partial charge in [0.2, 0.25) is 0 Å². The third-order valence-electron chi connectivity index (χ3n) is 3.55.